The zero-order valence-corrected chi connectivity index (χ0v) is 16.3. The summed E-state index contributed by atoms with van der Waals surface area (Å²) in [6.45, 7) is 1.39. The highest BCUT2D eigenvalue weighted by Gasteiger charge is 2.43. The van der Waals surface area contributed by atoms with Gasteiger partial charge in [-0.15, -0.1) is 0 Å². The molecule has 0 spiro atoms. The molecule has 0 aromatic heterocycles. The van der Waals surface area contributed by atoms with Crippen LogP contribution in [0.2, 0.25) is 0 Å². The Labute approximate surface area is 166 Å². The lowest BCUT2D eigenvalue weighted by molar-refractivity contribution is -0.0938. The summed E-state index contributed by atoms with van der Waals surface area (Å²) < 4.78 is 11.0. The average Bonchev–Trinajstić information content (AvgIpc) is 2.76. The molecule has 0 aliphatic carbocycles. The largest absolute Gasteiger partial charge is 0.493 e. The van der Waals surface area contributed by atoms with Crippen LogP contribution in [0.3, 0.4) is 0 Å². The molecule has 1 N–H and O–H groups in total. The van der Waals surface area contributed by atoms with Crippen molar-refractivity contribution in [3.8, 4) is 11.5 Å². The zero-order valence-electron chi connectivity index (χ0n) is 16.3. The van der Waals surface area contributed by atoms with Crippen LogP contribution in [-0.4, -0.2) is 30.8 Å². The Bertz CT molecular complexity index is 943. The maximum absolute atomic E-state index is 12.1. The molecule has 3 aromatic carbocycles. The van der Waals surface area contributed by atoms with Crippen LogP contribution in [0.4, 0.5) is 0 Å². The second kappa shape index (κ2) is 7.66. The third-order valence-corrected chi connectivity index (χ3v) is 5.49. The fourth-order valence-corrected chi connectivity index (χ4v) is 4.05. The van der Waals surface area contributed by atoms with Crippen molar-refractivity contribution >= 4 is 0 Å². The van der Waals surface area contributed by atoms with Crippen LogP contribution in [0.15, 0.2) is 72.8 Å². The molecule has 144 valence electrons. The van der Waals surface area contributed by atoms with Gasteiger partial charge >= 0.3 is 0 Å². The van der Waals surface area contributed by atoms with Crippen molar-refractivity contribution in [3.63, 3.8) is 0 Å². The molecule has 1 aliphatic heterocycles. The number of aliphatic hydroxyl groups is 1. The van der Waals surface area contributed by atoms with Crippen molar-refractivity contribution in [1.82, 2.24) is 4.90 Å². The molecule has 1 heterocycles. The summed E-state index contributed by atoms with van der Waals surface area (Å²) in [7, 11) is 3.26. The first-order valence-corrected chi connectivity index (χ1v) is 9.49. The van der Waals surface area contributed by atoms with Crippen molar-refractivity contribution in [1.29, 1.82) is 0 Å². The van der Waals surface area contributed by atoms with Gasteiger partial charge < -0.3 is 14.6 Å². The van der Waals surface area contributed by atoms with E-state index in [9.17, 15) is 5.11 Å². The molecule has 0 saturated heterocycles. The molecule has 0 radical (unpaired) electrons. The van der Waals surface area contributed by atoms with Crippen LogP contribution >= 0.6 is 0 Å². The van der Waals surface area contributed by atoms with Crippen molar-refractivity contribution in [2.45, 2.75) is 18.7 Å². The molecule has 0 amide bonds. The Kier molecular flexibility index (Phi) is 5.07. The van der Waals surface area contributed by atoms with E-state index in [1.54, 1.807) is 14.2 Å². The van der Waals surface area contributed by atoms with Gasteiger partial charge in [0.2, 0.25) is 0 Å². The Morgan fingerprint density at radius 1 is 0.893 bits per heavy atom. The van der Waals surface area contributed by atoms with E-state index < -0.39 is 5.72 Å². The van der Waals surface area contributed by atoms with Crippen LogP contribution in [0.1, 0.15) is 22.3 Å². The molecule has 0 saturated carbocycles. The highest BCUT2D eigenvalue weighted by Crippen LogP contribution is 2.44. The Hall–Kier alpha value is -2.82. The second-order valence-corrected chi connectivity index (χ2v) is 7.06. The predicted octanol–water partition coefficient (Wildman–Crippen LogP) is 3.96. The summed E-state index contributed by atoms with van der Waals surface area (Å²) in [4.78, 5) is 2.13. The number of fused-ring (bicyclic) bond motifs is 1. The van der Waals surface area contributed by atoms with Crippen LogP contribution in [-0.2, 0) is 18.7 Å². The maximum Gasteiger partial charge on any atom is 0.171 e. The second-order valence-electron chi connectivity index (χ2n) is 7.06. The lowest BCUT2D eigenvalue weighted by Gasteiger charge is -2.45. The summed E-state index contributed by atoms with van der Waals surface area (Å²) in [5, 5.41) is 12.1. The number of nitrogens with zero attached hydrogens (tertiary/aromatic N) is 1. The first-order chi connectivity index (χ1) is 13.7. The minimum Gasteiger partial charge on any atom is -0.493 e. The number of benzene rings is 3. The van der Waals surface area contributed by atoms with E-state index in [-0.39, 0.29) is 0 Å². The molecule has 1 aliphatic rings. The van der Waals surface area contributed by atoms with Crippen LogP contribution in [0, 0.1) is 0 Å². The Morgan fingerprint density at radius 2 is 1.50 bits per heavy atom. The summed E-state index contributed by atoms with van der Waals surface area (Å²) >= 11 is 0. The van der Waals surface area contributed by atoms with E-state index in [4.69, 9.17) is 9.47 Å². The molecular formula is C24H25NO3. The number of methoxy groups -OCH3 is 2. The third-order valence-electron chi connectivity index (χ3n) is 5.49. The predicted molar refractivity (Wildman–Crippen MR) is 110 cm³/mol. The van der Waals surface area contributed by atoms with Crippen LogP contribution in [0.25, 0.3) is 0 Å². The fraction of sp³-hybridized carbons (Fsp3) is 0.250. The summed E-state index contributed by atoms with van der Waals surface area (Å²) in [5.74, 6) is 1.31. The first-order valence-electron chi connectivity index (χ1n) is 9.49. The molecule has 0 bridgehead atoms. The van der Waals surface area contributed by atoms with E-state index in [2.05, 4.69) is 17.0 Å². The van der Waals surface area contributed by atoms with Gasteiger partial charge in [-0.2, -0.15) is 0 Å². The van der Waals surface area contributed by atoms with E-state index in [0.717, 1.165) is 29.7 Å². The summed E-state index contributed by atoms with van der Waals surface area (Å²) in [6, 6.07) is 24.0. The number of hydrogen-bond donors (Lipinski definition) is 1. The first kappa shape index (κ1) is 18.5. The Balaban J connectivity index is 1.86. The SMILES string of the molecule is COc1cc2c(cc1OC)C(O)(c1ccccc1)N(Cc1ccccc1)CC2. The number of ether oxygens (including phenoxy) is 2. The van der Waals surface area contributed by atoms with Gasteiger partial charge in [-0.25, -0.2) is 0 Å². The third kappa shape index (κ3) is 3.15. The number of hydrogen-bond acceptors (Lipinski definition) is 4. The minimum atomic E-state index is -1.25. The molecule has 1 atom stereocenters. The Morgan fingerprint density at radius 3 is 2.14 bits per heavy atom. The van der Waals surface area contributed by atoms with Crippen LogP contribution in [0.5, 0.6) is 11.5 Å². The lowest BCUT2D eigenvalue weighted by Crippen LogP contribution is -2.51. The standard InChI is InChI=1S/C24H25NO3/c1-27-22-15-19-13-14-25(17-18-9-5-3-6-10-18)24(26,20-11-7-4-8-12-20)21(19)16-23(22)28-2/h3-12,15-16,26H,13-14,17H2,1-2H3. The van der Waals surface area contributed by atoms with E-state index in [0.29, 0.717) is 18.0 Å². The average molecular weight is 375 g/mol. The molecule has 4 rings (SSSR count). The molecule has 1 unspecified atom stereocenters. The number of rotatable bonds is 5. The fourth-order valence-electron chi connectivity index (χ4n) is 4.05. The van der Waals surface area contributed by atoms with Gasteiger partial charge in [-0.05, 0) is 29.7 Å². The van der Waals surface area contributed by atoms with Gasteiger partial charge in [0.15, 0.2) is 17.2 Å². The van der Waals surface area contributed by atoms with Gasteiger partial charge in [0.1, 0.15) is 0 Å². The maximum atomic E-state index is 12.1. The topological polar surface area (TPSA) is 41.9 Å². The molecule has 4 nitrogen and oxygen atoms in total. The van der Waals surface area contributed by atoms with E-state index in [1.165, 1.54) is 5.56 Å². The highest BCUT2D eigenvalue weighted by atomic mass is 16.5. The summed E-state index contributed by atoms with van der Waals surface area (Å²) in [5.41, 5.74) is 2.69. The molecule has 3 aromatic rings. The van der Waals surface area contributed by atoms with Crippen molar-refractivity contribution in [2.75, 3.05) is 20.8 Å². The molecule has 4 heteroatoms. The van der Waals surface area contributed by atoms with E-state index in [1.807, 2.05) is 60.7 Å². The van der Waals surface area contributed by atoms with E-state index >= 15 is 0 Å². The van der Waals surface area contributed by atoms with Gasteiger partial charge in [0.25, 0.3) is 0 Å². The van der Waals surface area contributed by atoms with Crippen molar-refractivity contribution in [2.24, 2.45) is 0 Å². The van der Waals surface area contributed by atoms with Gasteiger partial charge in [-0.1, -0.05) is 60.7 Å². The summed E-state index contributed by atoms with van der Waals surface area (Å²) in [6.07, 6.45) is 0.831. The van der Waals surface area contributed by atoms with Gasteiger partial charge in [-0.3, -0.25) is 4.90 Å². The normalized spacial score (nSPS) is 19.1. The molecule has 28 heavy (non-hydrogen) atoms. The smallest absolute Gasteiger partial charge is 0.171 e. The highest BCUT2D eigenvalue weighted by molar-refractivity contribution is 5.53. The minimum absolute atomic E-state index is 0.622. The quantitative estimate of drug-likeness (QED) is 0.733. The van der Waals surface area contributed by atoms with Crippen LogP contribution < -0.4 is 9.47 Å². The molecule has 0 fully saturated rings. The monoisotopic (exact) mass is 375 g/mol. The zero-order chi connectivity index (χ0) is 19.6. The lowest BCUT2D eigenvalue weighted by atomic mass is 9.84. The van der Waals surface area contributed by atoms with Gasteiger partial charge in [0, 0.05) is 24.2 Å². The van der Waals surface area contributed by atoms with Crippen molar-refractivity contribution in [3.05, 3.63) is 95.1 Å². The molecular weight excluding hydrogens is 350 g/mol. The van der Waals surface area contributed by atoms with Crippen molar-refractivity contribution < 1.29 is 14.6 Å². The van der Waals surface area contributed by atoms with Gasteiger partial charge in [0.05, 0.1) is 14.2 Å².